The lowest BCUT2D eigenvalue weighted by Crippen LogP contribution is -2.20. The van der Waals surface area contributed by atoms with E-state index >= 15 is 0 Å². The van der Waals surface area contributed by atoms with E-state index in [0.29, 0.717) is 5.13 Å². The first-order valence-electron chi connectivity index (χ1n) is 4.80. The molecule has 17 heavy (non-hydrogen) atoms. The quantitative estimate of drug-likeness (QED) is 0.500. The maximum Gasteiger partial charge on any atom is 0.192 e. The van der Waals surface area contributed by atoms with Crippen molar-refractivity contribution in [3.8, 4) is 11.3 Å². The molecule has 5 nitrogen and oxygen atoms in total. The van der Waals surface area contributed by atoms with Crippen LogP contribution in [-0.4, -0.2) is 15.9 Å². The Labute approximate surface area is 109 Å². The van der Waals surface area contributed by atoms with Crippen molar-refractivity contribution in [3.63, 3.8) is 0 Å². The van der Waals surface area contributed by atoms with Gasteiger partial charge in [0.05, 0.1) is 5.69 Å². The molecule has 0 amide bonds. The number of nitrogens with one attached hydrogen (secondary N) is 3. The normalized spacial score (nSPS) is 9.76. The Morgan fingerprint density at radius 3 is 2.76 bits per heavy atom. The zero-order valence-corrected chi connectivity index (χ0v) is 11.1. The standard InChI is InChI=1S/C10H13N5S.ClH/c1-5-3-7(4-13-5)8-6(2)16-10(14-8)15-9(11)12;/h3-4,13H,1-2H3,(H4,11,12,14,15);1H. The van der Waals surface area contributed by atoms with E-state index in [9.17, 15) is 0 Å². The highest BCUT2D eigenvalue weighted by Gasteiger charge is 2.10. The average molecular weight is 272 g/mol. The van der Waals surface area contributed by atoms with Gasteiger partial charge in [-0.05, 0) is 19.9 Å². The van der Waals surface area contributed by atoms with Gasteiger partial charge in [-0.1, -0.05) is 0 Å². The Kier molecular flexibility index (Phi) is 4.14. The number of hydrogen-bond donors (Lipinski definition) is 4. The maximum absolute atomic E-state index is 7.15. The average Bonchev–Trinajstić information content (AvgIpc) is 2.72. The summed E-state index contributed by atoms with van der Waals surface area (Å²) in [6.45, 7) is 4.00. The van der Waals surface area contributed by atoms with Gasteiger partial charge in [0.25, 0.3) is 0 Å². The van der Waals surface area contributed by atoms with Gasteiger partial charge < -0.3 is 16.0 Å². The molecule has 2 rings (SSSR count). The summed E-state index contributed by atoms with van der Waals surface area (Å²) in [6.07, 6.45) is 1.93. The van der Waals surface area contributed by atoms with Crippen molar-refractivity contribution in [2.75, 3.05) is 5.32 Å². The summed E-state index contributed by atoms with van der Waals surface area (Å²) >= 11 is 1.49. The fourth-order valence-electron chi connectivity index (χ4n) is 1.48. The minimum Gasteiger partial charge on any atom is -0.370 e. The number of aryl methyl sites for hydroxylation is 2. The minimum absolute atomic E-state index is 0. The van der Waals surface area contributed by atoms with Gasteiger partial charge in [-0.3, -0.25) is 5.41 Å². The van der Waals surface area contributed by atoms with E-state index in [4.69, 9.17) is 11.1 Å². The molecule has 2 heterocycles. The first kappa shape index (κ1) is 13.5. The smallest absolute Gasteiger partial charge is 0.192 e. The van der Waals surface area contributed by atoms with Gasteiger partial charge in [-0.2, -0.15) is 0 Å². The van der Waals surface area contributed by atoms with Crippen LogP contribution in [0.1, 0.15) is 10.6 Å². The van der Waals surface area contributed by atoms with Gasteiger partial charge in [0.1, 0.15) is 0 Å². The van der Waals surface area contributed by atoms with Crippen LogP contribution >= 0.6 is 23.7 Å². The molecular weight excluding hydrogens is 258 g/mol. The number of halogens is 1. The van der Waals surface area contributed by atoms with E-state index in [2.05, 4.69) is 15.3 Å². The number of nitrogens with two attached hydrogens (primary N) is 1. The summed E-state index contributed by atoms with van der Waals surface area (Å²) in [6, 6.07) is 2.04. The van der Waals surface area contributed by atoms with Crippen molar-refractivity contribution in [1.82, 2.24) is 9.97 Å². The highest BCUT2D eigenvalue weighted by atomic mass is 35.5. The minimum atomic E-state index is -0.0921. The van der Waals surface area contributed by atoms with Crippen LogP contribution in [0.2, 0.25) is 0 Å². The summed E-state index contributed by atoms with van der Waals surface area (Å²) in [5.41, 5.74) is 8.35. The van der Waals surface area contributed by atoms with Crippen LogP contribution in [0.15, 0.2) is 12.3 Å². The maximum atomic E-state index is 7.15. The highest BCUT2D eigenvalue weighted by molar-refractivity contribution is 7.16. The van der Waals surface area contributed by atoms with E-state index in [1.165, 1.54) is 11.3 Å². The second-order valence-electron chi connectivity index (χ2n) is 3.53. The monoisotopic (exact) mass is 271 g/mol. The second kappa shape index (κ2) is 5.20. The molecule has 2 aromatic rings. The number of anilines is 1. The van der Waals surface area contributed by atoms with Gasteiger partial charge in [0, 0.05) is 22.3 Å². The van der Waals surface area contributed by atoms with Crippen LogP contribution in [0.25, 0.3) is 11.3 Å². The first-order chi connectivity index (χ1) is 7.56. The molecule has 0 aliphatic heterocycles. The molecule has 0 atom stereocenters. The van der Waals surface area contributed by atoms with Crippen molar-refractivity contribution in [1.29, 1.82) is 5.41 Å². The van der Waals surface area contributed by atoms with Crippen molar-refractivity contribution in [3.05, 3.63) is 22.8 Å². The number of H-pyrrole nitrogens is 1. The summed E-state index contributed by atoms with van der Waals surface area (Å²) < 4.78 is 0. The Morgan fingerprint density at radius 1 is 1.53 bits per heavy atom. The SMILES string of the molecule is Cc1cc(-c2nc(NC(=N)N)sc2C)c[nH]1.Cl. The van der Waals surface area contributed by atoms with Crippen molar-refractivity contribution in [2.45, 2.75) is 13.8 Å². The van der Waals surface area contributed by atoms with Crippen molar-refractivity contribution >= 4 is 34.8 Å². The fraction of sp³-hybridized carbons (Fsp3) is 0.200. The third-order valence-corrected chi connectivity index (χ3v) is 3.03. The van der Waals surface area contributed by atoms with Crippen LogP contribution in [0.3, 0.4) is 0 Å². The van der Waals surface area contributed by atoms with Gasteiger partial charge in [-0.15, -0.1) is 23.7 Å². The Balaban J connectivity index is 0.00000144. The number of nitrogens with zero attached hydrogens (tertiary/aromatic N) is 1. The Morgan fingerprint density at radius 2 is 2.24 bits per heavy atom. The number of aromatic nitrogens is 2. The first-order valence-corrected chi connectivity index (χ1v) is 5.62. The zero-order valence-electron chi connectivity index (χ0n) is 9.50. The van der Waals surface area contributed by atoms with E-state index in [0.717, 1.165) is 21.8 Å². The van der Waals surface area contributed by atoms with Gasteiger partial charge in [0.15, 0.2) is 11.1 Å². The van der Waals surface area contributed by atoms with Crippen LogP contribution in [-0.2, 0) is 0 Å². The Bertz CT molecular complexity index is 531. The molecule has 5 N–H and O–H groups in total. The van der Waals surface area contributed by atoms with E-state index in [1.807, 2.05) is 26.1 Å². The Hall–Kier alpha value is -1.53. The van der Waals surface area contributed by atoms with Crippen LogP contribution in [0.5, 0.6) is 0 Å². The summed E-state index contributed by atoms with van der Waals surface area (Å²) in [7, 11) is 0. The summed E-state index contributed by atoms with van der Waals surface area (Å²) in [4.78, 5) is 8.62. The van der Waals surface area contributed by atoms with Crippen molar-refractivity contribution < 1.29 is 0 Å². The molecule has 0 aliphatic rings. The van der Waals surface area contributed by atoms with Crippen LogP contribution in [0, 0.1) is 19.3 Å². The van der Waals surface area contributed by atoms with Gasteiger partial charge in [-0.25, -0.2) is 4.98 Å². The molecular formula is C10H14ClN5S. The molecule has 0 bridgehead atoms. The van der Waals surface area contributed by atoms with E-state index in [1.54, 1.807) is 0 Å². The molecule has 2 aromatic heterocycles. The van der Waals surface area contributed by atoms with Gasteiger partial charge >= 0.3 is 0 Å². The van der Waals surface area contributed by atoms with Crippen LogP contribution < -0.4 is 11.1 Å². The highest BCUT2D eigenvalue weighted by Crippen LogP contribution is 2.30. The predicted molar refractivity (Wildman–Crippen MR) is 74.2 cm³/mol. The molecule has 0 radical (unpaired) electrons. The number of hydrogen-bond acceptors (Lipinski definition) is 3. The lowest BCUT2D eigenvalue weighted by molar-refractivity contribution is 1.27. The molecule has 0 spiro atoms. The summed E-state index contributed by atoms with van der Waals surface area (Å²) in [5.74, 6) is -0.0921. The number of thiazole rings is 1. The molecule has 0 saturated heterocycles. The largest absolute Gasteiger partial charge is 0.370 e. The van der Waals surface area contributed by atoms with Crippen LogP contribution in [0.4, 0.5) is 5.13 Å². The van der Waals surface area contributed by atoms with Crippen molar-refractivity contribution in [2.24, 2.45) is 5.73 Å². The zero-order chi connectivity index (χ0) is 11.7. The topological polar surface area (TPSA) is 90.6 Å². The summed E-state index contributed by atoms with van der Waals surface area (Å²) in [5, 5.41) is 10.5. The third-order valence-electron chi connectivity index (χ3n) is 2.14. The van der Waals surface area contributed by atoms with E-state index in [-0.39, 0.29) is 18.4 Å². The molecule has 0 saturated carbocycles. The second-order valence-corrected chi connectivity index (χ2v) is 4.74. The molecule has 0 unspecified atom stereocenters. The molecule has 92 valence electrons. The molecule has 0 aromatic carbocycles. The van der Waals surface area contributed by atoms with Gasteiger partial charge in [0.2, 0.25) is 0 Å². The molecule has 0 fully saturated rings. The fourth-order valence-corrected chi connectivity index (χ4v) is 2.33. The lowest BCUT2D eigenvalue weighted by atomic mass is 10.2. The lowest BCUT2D eigenvalue weighted by Gasteiger charge is -1.95. The van der Waals surface area contributed by atoms with E-state index < -0.39 is 0 Å². The predicted octanol–water partition coefficient (Wildman–Crippen LogP) is 2.48. The molecule has 7 heteroatoms. The number of guanidine groups is 1. The third kappa shape index (κ3) is 2.98. The number of aromatic amines is 1. The molecule has 0 aliphatic carbocycles. The number of rotatable bonds is 2.